The van der Waals surface area contributed by atoms with Gasteiger partial charge in [0.15, 0.2) is 6.54 Å². The predicted molar refractivity (Wildman–Crippen MR) is 117 cm³/mol. The van der Waals surface area contributed by atoms with Crippen LogP contribution in [0, 0.1) is 11.3 Å². The van der Waals surface area contributed by atoms with Crippen molar-refractivity contribution in [1.82, 2.24) is 0 Å². The van der Waals surface area contributed by atoms with Gasteiger partial charge in [0.2, 0.25) is 0 Å². The number of rotatable bonds is 7. The Balaban J connectivity index is 1.24. The molecule has 0 spiro atoms. The zero-order valence-corrected chi connectivity index (χ0v) is 17.9. The first-order valence-corrected chi connectivity index (χ1v) is 11.5. The molecule has 2 heterocycles. The van der Waals surface area contributed by atoms with Crippen LogP contribution in [0.1, 0.15) is 11.1 Å². The first-order chi connectivity index (χ1) is 14.7. The van der Waals surface area contributed by atoms with Crippen molar-refractivity contribution in [3.05, 3.63) is 53.6 Å². The highest BCUT2D eigenvalue weighted by atomic mass is 32.2. The number of fused-ring (bicyclic) bond motifs is 1. The average molecular weight is 425 g/mol. The normalized spacial score (nSPS) is 20.1. The van der Waals surface area contributed by atoms with Crippen molar-refractivity contribution in [1.29, 1.82) is 5.26 Å². The van der Waals surface area contributed by atoms with Gasteiger partial charge < -0.3 is 19.9 Å². The molecule has 0 atom stereocenters. The fraction of sp³-hybridized carbons (Fsp3) is 0.391. The van der Waals surface area contributed by atoms with Crippen LogP contribution in [-0.2, 0) is 17.8 Å². The van der Waals surface area contributed by atoms with Crippen LogP contribution in [0.2, 0.25) is 0 Å². The van der Waals surface area contributed by atoms with Gasteiger partial charge >= 0.3 is 0 Å². The maximum absolute atomic E-state index is 12.6. The molecule has 2 aromatic carbocycles. The van der Waals surface area contributed by atoms with E-state index < -0.39 is 0 Å². The highest BCUT2D eigenvalue weighted by molar-refractivity contribution is 7.99. The molecule has 0 aromatic heterocycles. The van der Waals surface area contributed by atoms with Crippen molar-refractivity contribution in [3.63, 3.8) is 0 Å². The molecule has 156 valence electrons. The number of amides is 1. The number of piperazine rings is 1. The third kappa shape index (κ3) is 5.33. The van der Waals surface area contributed by atoms with Gasteiger partial charge in [-0.15, -0.1) is 11.8 Å². The number of nitriles is 1. The van der Waals surface area contributed by atoms with Gasteiger partial charge in [0.25, 0.3) is 5.91 Å². The smallest absolute Gasteiger partial charge is 0.279 e. The largest absolute Gasteiger partial charge is 0.493 e. The Morgan fingerprint density at radius 3 is 2.77 bits per heavy atom. The van der Waals surface area contributed by atoms with Crippen molar-refractivity contribution in [2.45, 2.75) is 17.9 Å². The lowest BCUT2D eigenvalue weighted by Gasteiger charge is -2.29. The van der Waals surface area contributed by atoms with Crippen LogP contribution in [-0.4, -0.2) is 51.0 Å². The average Bonchev–Trinajstić information content (AvgIpc) is 3.22. The summed E-state index contributed by atoms with van der Waals surface area (Å²) in [4.78, 5) is 16.4. The first kappa shape index (κ1) is 20.7. The van der Waals surface area contributed by atoms with Gasteiger partial charge in [-0.1, -0.05) is 12.1 Å². The highest BCUT2D eigenvalue weighted by Gasteiger charge is 2.25. The summed E-state index contributed by atoms with van der Waals surface area (Å²) >= 11 is 1.45. The number of carbonyl (C=O) groups excluding carboxylic acids is 1. The summed E-state index contributed by atoms with van der Waals surface area (Å²) in [5, 5.41) is 11.8. The maximum Gasteiger partial charge on any atom is 0.279 e. The number of benzene rings is 2. The van der Waals surface area contributed by atoms with E-state index in [0.717, 1.165) is 62.1 Å². The Hall–Kier alpha value is -2.53. The summed E-state index contributed by atoms with van der Waals surface area (Å²) in [6, 6.07) is 16.4. The van der Waals surface area contributed by atoms with Crippen molar-refractivity contribution < 1.29 is 19.3 Å². The van der Waals surface area contributed by atoms with E-state index in [1.165, 1.54) is 27.8 Å². The molecule has 1 saturated heterocycles. The summed E-state index contributed by atoms with van der Waals surface area (Å²) in [6.07, 6.45) is 1.02. The van der Waals surface area contributed by atoms with Crippen LogP contribution in [0.15, 0.2) is 47.4 Å². The van der Waals surface area contributed by atoms with E-state index in [9.17, 15) is 4.79 Å². The van der Waals surface area contributed by atoms with Crippen molar-refractivity contribution >= 4 is 23.4 Å². The summed E-state index contributed by atoms with van der Waals surface area (Å²) in [5.74, 6) is 1.46. The monoisotopic (exact) mass is 424 g/mol. The lowest BCUT2D eigenvalue weighted by atomic mass is 10.1. The van der Waals surface area contributed by atoms with E-state index in [0.29, 0.717) is 12.3 Å². The molecule has 1 amide bonds. The second kappa shape index (κ2) is 9.98. The Labute approximate surface area is 181 Å². The number of quaternary nitrogens is 2. The van der Waals surface area contributed by atoms with E-state index >= 15 is 0 Å². The minimum absolute atomic E-state index is 0.0390. The molecule has 1 fully saturated rings. The molecule has 0 saturated carbocycles. The van der Waals surface area contributed by atoms with Crippen molar-refractivity contribution in [2.75, 3.05) is 50.4 Å². The van der Waals surface area contributed by atoms with Gasteiger partial charge in [-0.25, -0.2) is 0 Å². The Morgan fingerprint density at radius 2 is 1.93 bits per heavy atom. The molecule has 3 N–H and O–H groups in total. The van der Waals surface area contributed by atoms with E-state index in [-0.39, 0.29) is 5.91 Å². The SMILES string of the molecule is N#CCSc1ccccc1NC(=O)C[NH+]1CC[NH+](Cc2ccc3c(c2)CCO3)CC1. The number of thioether (sulfide) groups is 1. The fourth-order valence-electron chi connectivity index (χ4n) is 4.18. The molecular formula is C23H28N4O2S+2. The highest BCUT2D eigenvalue weighted by Crippen LogP contribution is 2.26. The van der Waals surface area contributed by atoms with E-state index in [2.05, 4.69) is 29.6 Å². The Bertz CT molecular complexity index is 935. The molecule has 0 unspecified atom stereocenters. The van der Waals surface area contributed by atoms with Crippen molar-refractivity contribution in [3.8, 4) is 11.8 Å². The van der Waals surface area contributed by atoms with Crippen LogP contribution in [0.4, 0.5) is 5.69 Å². The van der Waals surface area contributed by atoms with Gasteiger partial charge in [0.1, 0.15) is 38.5 Å². The summed E-state index contributed by atoms with van der Waals surface area (Å²) in [6.45, 7) is 6.48. The number of carbonyl (C=O) groups is 1. The first-order valence-electron chi connectivity index (χ1n) is 10.5. The number of para-hydroxylation sites is 1. The standard InChI is InChI=1S/C23H26N4O2S/c24-8-14-30-22-4-2-1-3-20(22)25-23(28)17-27-11-9-26(10-12-27)16-18-5-6-21-19(15-18)7-13-29-21/h1-6,15H,7,9-14,16-17H2,(H,25,28)/p+2. The van der Waals surface area contributed by atoms with Crippen LogP contribution in [0.3, 0.4) is 0 Å². The second-order valence-electron chi connectivity index (χ2n) is 7.89. The molecule has 0 radical (unpaired) electrons. The quantitative estimate of drug-likeness (QED) is 0.554. The molecule has 0 bridgehead atoms. The van der Waals surface area contributed by atoms with Gasteiger partial charge in [0.05, 0.1) is 24.1 Å². The topological polar surface area (TPSA) is 71.0 Å². The van der Waals surface area contributed by atoms with E-state index in [1.54, 1.807) is 4.90 Å². The number of ether oxygens (including phenoxy) is 1. The number of anilines is 1. The minimum Gasteiger partial charge on any atom is -0.493 e. The predicted octanol–water partition coefficient (Wildman–Crippen LogP) is 0.159. The zero-order valence-electron chi connectivity index (χ0n) is 17.1. The fourth-order valence-corrected chi connectivity index (χ4v) is 4.85. The molecular weight excluding hydrogens is 396 g/mol. The van der Waals surface area contributed by atoms with Crippen molar-refractivity contribution in [2.24, 2.45) is 0 Å². The molecule has 0 aliphatic carbocycles. The van der Waals surface area contributed by atoms with Crippen LogP contribution in [0.5, 0.6) is 5.75 Å². The molecule has 30 heavy (non-hydrogen) atoms. The second-order valence-corrected chi connectivity index (χ2v) is 8.90. The van der Waals surface area contributed by atoms with Gasteiger partial charge in [-0.3, -0.25) is 4.79 Å². The third-order valence-electron chi connectivity index (χ3n) is 5.74. The van der Waals surface area contributed by atoms with Gasteiger partial charge in [-0.2, -0.15) is 5.26 Å². The van der Waals surface area contributed by atoms with Gasteiger partial charge in [0, 0.05) is 16.9 Å². The Morgan fingerprint density at radius 1 is 1.13 bits per heavy atom. The lowest BCUT2D eigenvalue weighted by Crippen LogP contribution is -3.28. The molecule has 2 aliphatic heterocycles. The van der Waals surface area contributed by atoms with E-state index in [1.807, 2.05) is 24.3 Å². The molecule has 2 aromatic rings. The molecule has 7 heteroatoms. The van der Waals surface area contributed by atoms with Gasteiger partial charge in [-0.05, 0) is 35.9 Å². The number of hydrogen-bond donors (Lipinski definition) is 3. The summed E-state index contributed by atoms with van der Waals surface area (Å²) in [7, 11) is 0. The maximum atomic E-state index is 12.6. The van der Waals surface area contributed by atoms with Crippen LogP contribution >= 0.6 is 11.8 Å². The van der Waals surface area contributed by atoms with Crippen LogP contribution < -0.4 is 19.9 Å². The number of hydrogen-bond acceptors (Lipinski definition) is 4. The minimum atomic E-state index is 0.0390. The summed E-state index contributed by atoms with van der Waals surface area (Å²) in [5.41, 5.74) is 3.51. The molecule has 2 aliphatic rings. The lowest BCUT2D eigenvalue weighted by molar-refractivity contribution is -1.02. The summed E-state index contributed by atoms with van der Waals surface area (Å²) < 4.78 is 5.60. The molecule has 4 rings (SSSR count). The molecule has 6 nitrogen and oxygen atoms in total. The number of nitrogens with zero attached hydrogens (tertiary/aromatic N) is 1. The van der Waals surface area contributed by atoms with Crippen LogP contribution in [0.25, 0.3) is 0 Å². The van der Waals surface area contributed by atoms with E-state index in [4.69, 9.17) is 10.00 Å². The third-order valence-corrected chi connectivity index (χ3v) is 6.68. The number of nitrogens with one attached hydrogen (secondary N) is 3. The Kier molecular flexibility index (Phi) is 6.90. The zero-order chi connectivity index (χ0) is 20.8.